The summed E-state index contributed by atoms with van der Waals surface area (Å²) in [6, 6.07) is 6.13. The number of carbonyl (C=O) groups excluding carboxylic acids is 1. The summed E-state index contributed by atoms with van der Waals surface area (Å²) >= 11 is 0. The van der Waals surface area contributed by atoms with Crippen molar-refractivity contribution in [1.82, 2.24) is 0 Å². The summed E-state index contributed by atoms with van der Waals surface area (Å²) < 4.78 is 2.00. The van der Waals surface area contributed by atoms with Gasteiger partial charge in [0.15, 0.2) is 13.9 Å². The van der Waals surface area contributed by atoms with Crippen LogP contribution in [0.25, 0.3) is 0 Å². The van der Waals surface area contributed by atoms with Crippen LogP contribution in [-0.2, 0) is 16.1 Å². The van der Waals surface area contributed by atoms with E-state index in [1.807, 2.05) is 16.7 Å². The van der Waals surface area contributed by atoms with E-state index in [0.29, 0.717) is 11.6 Å². The third-order valence-corrected chi connectivity index (χ3v) is 5.62. The van der Waals surface area contributed by atoms with Crippen molar-refractivity contribution < 1.29 is 9.63 Å². The normalized spacial score (nSPS) is 16.6. The molecular weight excluding hydrogens is 292 g/mol. The second kappa shape index (κ2) is 6.24. The Morgan fingerprint density at radius 3 is 2.50 bits per heavy atom. The molecule has 0 fully saturated rings. The Morgan fingerprint density at radius 2 is 1.95 bits per heavy atom. The second-order valence-electron chi connectivity index (χ2n) is 7.18. The average molecular weight is 318 g/mol. The van der Waals surface area contributed by atoms with Crippen molar-refractivity contribution in [2.24, 2.45) is 11.1 Å². The van der Waals surface area contributed by atoms with E-state index in [2.05, 4.69) is 44.7 Å². The number of rotatable bonds is 5. The first-order valence-electron chi connectivity index (χ1n) is 7.85. The van der Waals surface area contributed by atoms with E-state index in [0.717, 1.165) is 24.1 Å². The van der Waals surface area contributed by atoms with Crippen molar-refractivity contribution in [3.8, 4) is 0 Å². The molecule has 0 bridgehead atoms. The van der Waals surface area contributed by atoms with Crippen LogP contribution in [0.1, 0.15) is 31.4 Å². The SMILES string of the molecule is CO/N=C1\C(=O)N([Si](C)(C)C)c2c(CCC(C)C)cccc21. The highest BCUT2D eigenvalue weighted by Gasteiger charge is 2.42. The molecule has 2 rings (SSSR count). The molecule has 1 aromatic carbocycles. The van der Waals surface area contributed by atoms with Gasteiger partial charge in [0, 0.05) is 11.3 Å². The van der Waals surface area contributed by atoms with E-state index in [1.54, 1.807) is 0 Å². The van der Waals surface area contributed by atoms with Crippen LogP contribution in [0.2, 0.25) is 19.6 Å². The van der Waals surface area contributed by atoms with Crippen molar-refractivity contribution in [3.63, 3.8) is 0 Å². The summed E-state index contributed by atoms with van der Waals surface area (Å²) in [7, 11) is -0.364. The fraction of sp³-hybridized carbons (Fsp3) is 0.529. The van der Waals surface area contributed by atoms with E-state index < -0.39 is 8.24 Å². The summed E-state index contributed by atoms with van der Waals surface area (Å²) in [4.78, 5) is 17.7. The molecule has 1 heterocycles. The zero-order valence-electron chi connectivity index (χ0n) is 14.4. The van der Waals surface area contributed by atoms with Crippen LogP contribution in [-0.4, -0.2) is 27.0 Å². The highest BCUT2D eigenvalue weighted by Crippen LogP contribution is 2.37. The minimum atomic E-state index is -1.85. The van der Waals surface area contributed by atoms with Gasteiger partial charge in [0.1, 0.15) is 7.11 Å². The molecule has 0 unspecified atom stereocenters. The molecule has 120 valence electrons. The molecule has 1 aliphatic rings. The summed E-state index contributed by atoms with van der Waals surface area (Å²) in [5.41, 5.74) is 3.65. The summed E-state index contributed by atoms with van der Waals surface area (Å²) in [5, 5.41) is 3.99. The van der Waals surface area contributed by atoms with E-state index in [1.165, 1.54) is 12.7 Å². The average Bonchev–Trinajstić information content (AvgIpc) is 2.70. The highest BCUT2D eigenvalue weighted by molar-refractivity contribution is 6.87. The Balaban J connectivity index is 2.57. The Bertz CT molecular complexity index is 603. The quantitative estimate of drug-likeness (QED) is 0.612. The minimum Gasteiger partial charge on any atom is -0.398 e. The molecule has 5 heteroatoms. The van der Waals surface area contributed by atoms with Crippen LogP contribution >= 0.6 is 0 Å². The van der Waals surface area contributed by atoms with Crippen LogP contribution in [0.5, 0.6) is 0 Å². The zero-order chi connectivity index (χ0) is 16.5. The number of benzene rings is 1. The zero-order valence-corrected chi connectivity index (χ0v) is 15.4. The Kier molecular flexibility index (Phi) is 4.75. The number of anilines is 1. The molecule has 1 amide bonds. The topological polar surface area (TPSA) is 41.9 Å². The van der Waals surface area contributed by atoms with Gasteiger partial charge in [-0.3, -0.25) is 4.79 Å². The maximum absolute atomic E-state index is 12.8. The second-order valence-corrected chi connectivity index (χ2v) is 12.0. The number of hydrogen-bond donors (Lipinski definition) is 0. The molecule has 0 radical (unpaired) electrons. The number of para-hydroxylation sites is 1. The van der Waals surface area contributed by atoms with Crippen molar-refractivity contribution in [1.29, 1.82) is 0 Å². The van der Waals surface area contributed by atoms with Gasteiger partial charge < -0.3 is 9.40 Å². The fourth-order valence-electron chi connectivity index (χ4n) is 2.83. The molecular formula is C17H26N2O2Si. The lowest BCUT2D eigenvalue weighted by Crippen LogP contribution is -2.49. The van der Waals surface area contributed by atoms with Gasteiger partial charge in [-0.2, -0.15) is 0 Å². The number of hydrogen-bond acceptors (Lipinski definition) is 3. The molecule has 4 nitrogen and oxygen atoms in total. The molecule has 22 heavy (non-hydrogen) atoms. The van der Waals surface area contributed by atoms with Gasteiger partial charge in [-0.1, -0.05) is 56.8 Å². The lowest BCUT2D eigenvalue weighted by molar-refractivity contribution is -0.111. The first-order valence-corrected chi connectivity index (χ1v) is 11.3. The molecule has 0 atom stereocenters. The Hall–Kier alpha value is -1.62. The molecule has 1 aromatic rings. The number of carbonyl (C=O) groups is 1. The number of amides is 1. The molecule has 0 saturated carbocycles. The van der Waals surface area contributed by atoms with Crippen LogP contribution in [0.4, 0.5) is 5.69 Å². The third-order valence-electron chi connectivity index (χ3n) is 3.85. The van der Waals surface area contributed by atoms with E-state index in [4.69, 9.17) is 4.84 Å². The highest BCUT2D eigenvalue weighted by atomic mass is 28.3. The van der Waals surface area contributed by atoms with Gasteiger partial charge in [0.2, 0.25) is 0 Å². The van der Waals surface area contributed by atoms with Gasteiger partial charge in [-0.05, 0) is 24.3 Å². The lowest BCUT2D eigenvalue weighted by Gasteiger charge is -2.31. The van der Waals surface area contributed by atoms with Crippen LogP contribution in [0.3, 0.4) is 0 Å². The largest absolute Gasteiger partial charge is 0.398 e. The van der Waals surface area contributed by atoms with Crippen molar-refractivity contribution >= 4 is 25.5 Å². The van der Waals surface area contributed by atoms with Crippen LogP contribution in [0.15, 0.2) is 23.4 Å². The van der Waals surface area contributed by atoms with Crippen molar-refractivity contribution in [2.75, 3.05) is 11.7 Å². The minimum absolute atomic E-state index is 0.0204. The molecule has 0 N–H and O–H groups in total. The maximum atomic E-state index is 12.8. The van der Waals surface area contributed by atoms with Gasteiger partial charge in [0.05, 0.1) is 0 Å². The summed E-state index contributed by atoms with van der Waals surface area (Å²) in [5.74, 6) is 0.619. The number of aryl methyl sites for hydroxylation is 1. The van der Waals surface area contributed by atoms with Crippen LogP contribution < -0.4 is 4.57 Å². The van der Waals surface area contributed by atoms with Gasteiger partial charge >= 0.3 is 0 Å². The molecule has 1 aliphatic heterocycles. The molecule has 0 aliphatic carbocycles. The van der Waals surface area contributed by atoms with E-state index in [-0.39, 0.29) is 5.91 Å². The molecule has 0 saturated heterocycles. The maximum Gasteiger partial charge on any atom is 0.273 e. The summed E-state index contributed by atoms with van der Waals surface area (Å²) in [6.45, 7) is 11.0. The fourth-order valence-corrected chi connectivity index (χ4v) is 4.48. The Morgan fingerprint density at radius 1 is 1.27 bits per heavy atom. The van der Waals surface area contributed by atoms with E-state index in [9.17, 15) is 4.79 Å². The standard InChI is InChI=1S/C17H26N2O2Si/c1-12(2)10-11-13-8-7-9-14-15(18-21-3)17(20)19(16(13)14)22(4,5)6/h7-9,12H,10-11H2,1-6H3/b18-15-. The first kappa shape index (κ1) is 16.7. The monoisotopic (exact) mass is 318 g/mol. The number of oxime groups is 1. The van der Waals surface area contributed by atoms with Gasteiger partial charge in [-0.25, -0.2) is 0 Å². The number of fused-ring (bicyclic) bond motifs is 1. The summed E-state index contributed by atoms with van der Waals surface area (Å²) in [6.07, 6.45) is 2.09. The predicted octanol–water partition coefficient (Wildman–Crippen LogP) is 3.81. The smallest absolute Gasteiger partial charge is 0.273 e. The third kappa shape index (κ3) is 3.09. The predicted molar refractivity (Wildman–Crippen MR) is 94.0 cm³/mol. The van der Waals surface area contributed by atoms with E-state index >= 15 is 0 Å². The van der Waals surface area contributed by atoms with Gasteiger partial charge in [0.25, 0.3) is 5.91 Å². The van der Waals surface area contributed by atoms with Crippen molar-refractivity contribution in [2.45, 2.75) is 46.3 Å². The van der Waals surface area contributed by atoms with Crippen molar-refractivity contribution in [3.05, 3.63) is 29.3 Å². The molecule has 0 spiro atoms. The van der Waals surface area contributed by atoms with Gasteiger partial charge in [-0.15, -0.1) is 0 Å². The molecule has 0 aromatic heterocycles. The van der Waals surface area contributed by atoms with Crippen LogP contribution in [0, 0.1) is 5.92 Å². The first-order chi connectivity index (χ1) is 10.3. The lowest BCUT2D eigenvalue weighted by atomic mass is 9.99. The number of nitrogens with zero attached hydrogens (tertiary/aromatic N) is 2. The Labute approximate surface area is 134 Å².